The highest BCUT2D eigenvalue weighted by Crippen LogP contribution is 2.20. The van der Waals surface area contributed by atoms with Crippen LogP contribution in [0.2, 0.25) is 0 Å². The Morgan fingerprint density at radius 2 is 1.85 bits per heavy atom. The van der Waals surface area contributed by atoms with Gasteiger partial charge >= 0.3 is 0 Å². The lowest BCUT2D eigenvalue weighted by Crippen LogP contribution is -2.05. The minimum atomic E-state index is -3.45. The third-order valence-corrected chi connectivity index (χ3v) is 4.66. The van der Waals surface area contributed by atoms with Crippen molar-refractivity contribution in [3.8, 4) is 0 Å². The topological polar surface area (TPSA) is 73.1 Å². The normalized spacial score (nSPS) is 12.0. The van der Waals surface area contributed by atoms with Crippen molar-refractivity contribution >= 4 is 9.84 Å². The first-order chi connectivity index (χ1) is 9.42. The summed E-state index contributed by atoms with van der Waals surface area (Å²) in [6, 6.07) is 6.93. The molecule has 0 saturated carbocycles. The quantitative estimate of drug-likeness (QED) is 0.847. The highest BCUT2D eigenvalue weighted by Gasteiger charge is 2.19. The SMILES string of the molecule is CCc1noc(CS(=O)(=O)c2ccc(C(C)C)cc2)n1. The van der Waals surface area contributed by atoms with Gasteiger partial charge in [0.25, 0.3) is 0 Å². The van der Waals surface area contributed by atoms with E-state index in [1.807, 2.05) is 19.1 Å². The molecule has 0 saturated heterocycles. The number of aryl methyl sites for hydroxylation is 1. The first-order valence-corrected chi connectivity index (χ1v) is 8.21. The standard InChI is InChI=1S/C14H18N2O3S/c1-4-13-15-14(19-16-13)9-20(17,18)12-7-5-11(6-8-12)10(2)3/h5-8,10H,4,9H2,1-3H3. The maximum absolute atomic E-state index is 12.3. The molecule has 0 N–H and O–H groups in total. The van der Waals surface area contributed by atoms with E-state index in [0.717, 1.165) is 5.56 Å². The molecule has 0 aliphatic carbocycles. The molecule has 0 unspecified atom stereocenters. The molecule has 0 amide bonds. The van der Waals surface area contributed by atoms with Gasteiger partial charge in [-0.3, -0.25) is 0 Å². The van der Waals surface area contributed by atoms with Crippen LogP contribution in [0.4, 0.5) is 0 Å². The smallest absolute Gasteiger partial charge is 0.242 e. The summed E-state index contributed by atoms with van der Waals surface area (Å²) in [5, 5.41) is 3.70. The second kappa shape index (κ2) is 5.75. The molecule has 0 aliphatic rings. The molecule has 2 aromatic rings. The fourth-order valence-corrected chi connectivity index (χ4v) is 2.96. The van der Waals surface area contributed by atoms with Gasteiger partial charge < -0.3 is 4.52 Å². The number of hydrogen-bond acceptors (Lipinski definition) is 5. The van der Waals surface area contributed by atoms with E-state index in [1.54, 1.807) is 12.1 Å². The van der Waals surface area contributed by atoms with Crippen molar-refractivity contribution in [2.45, 2.75) is 43.8 Å². The zero-order chi connectivity index (χ0) is 14.8. The molecule has 2 rings (SSSR count). The Morgan fingerprint density at radius 1 is 1.20 bits per heavy atom. The molecule has 6 heteroatoms. The van der Waals surface area contributed by atoms with Crippen molar-refractivity contribution in [2.75, 3.05) is 0 Å². The first kappa shape index (κ1) is 14.7. The zero-order valence-corrected chi connectivity index (χ0v) is 12.6. The molecule has 0 aliphatic heterocycles. The Bertz CT molecular complexity index is 673. The van der Waals surface area contributed by atoms with Crippen LogP contribution in [0, 0.1) is 0 Å². The van der Waals surface area contributed by atoms with Crippen LogP contribution in [0.5, 0.6) is 0 Å². The molecule has 5 nitrogen and oxygen atoms in total. The Morgan fingerprint density at radius 3 is 2.35 bits per heavy atom. The molecule has 0 radical (unpaired) electrons. The minimum Gasteiger partial charge on any atom is -0.338 e. The third kappa shape index (κ3) is 3.25. The van der Waals surface area contributed by atoms with Crippen molar-refractivity contribution in [3.63, 3.8) is 0 Å². The van der Waals surface area contributed by atoms with Gasteiger partial charge in [-0.25, -0.2) is 8.42 Å². The van der Waals surface area contributed by atoms with E-state index in [2.05, 4.69) is 24.0 Å². The van der Waals surface area contributed by atoms with E-state index in [0.29, 0.717) is 18.2 Å². The predicted octanol–water partition coefficient (Wildman–Crippen LogP) is 2.73. The minimum absolute atomic E-state index is 0.134. The summed E-state index contributed by atoms with van der Waals surface area (Å²) < 4.78 is 29.4. The third-order valence-electron chi connectivity index (χ3n) is 3.05. The number of hydrogen-bond donors (Lipinski definition) is 0. The van der Waals surface area contributed by atoms with Crippen LogP contribution in [0.25, 0.3) is 0 Å². The summed E-state index contributed by atoms with van der Waals surface area (Å²) >= 11 is 0. The average molecular weight is 294 g/mol. The van der Waals surface area contributed by atoms with Gasteiger partial charge in [0.1, 0.15) is 5.75 Å². The first-order valence-electron chi connectivity index (χ1n) is 6.56. The van der Waals surface area contributed by atoms with Gasteiger partial charge in [-0.2, -0.15) is 4.98 Å². The number of nitrogens with zero attached hydrogens (tertiary/aromatic N) is 2. The van der Waals surface area contributed by atoms with Crippen LogP contribution in [-0.4, -0.2) is 18.6 Å². The molecule has 108 valence electrons. The Labute approximate surface area is 118 Å². The molecule has 20 heavy (non-hydrogen) atoms. The lowest BCUT2D eigenvalue weighted by atomic mass is 10.0. The Balaban J connectivity index is 2.21. The molecule has 0 bridgehead atoms. The largest absolute Gasteiger partial charge is 0.338 e. The molecule has 1 heterocycles. The van der Waals surface area contributed by atoms with Crippen LogP contribution in [0.15, 0.2) is 33.7 Å². The van der Waals surface area contributed by atoms with E-state index < -0.39 is 9.84 Å². The van der Waals surface area contributed by atoms with Gasteiger partial charge in [-0.15, -0.1) is 0 Å². The fourth-order valence-electron chi connectivity index (χ4n) is 1.80. The highest BCUT2D eigenvalue weighted by molar-refractivity contribution is 7.90. The summed E-state index contributed by atoms with van der Waals surface area (Å²) in [6.07, 6.45) is 0.618. The summed E-state index contributed by atoms with van der Waals surface area (Å²) in [5.41, 5.74) is 1.11. The van der Waals surface area contributed by atoms with E-state index >= 15 is 0 Å². The molecule has 0 fully saturated rings. The van der Waals surface area contributed by atoms with Crippen LogP contribution in [0.3, 0.4) is 0 Å². The monoisotopic (exact) mass is 294 g/mol. The molecular weight excluding hydrogens is 276 g/mol. The van der Waals surface area contributed by atoms with Crippen molar-refractivity contribution < 1.29 is 12.9 Å². The maximum Gasteiger partial charge on any atom is 0.242 e. The lowest BCUT2D eigenvalue weighted by molar-refractivity contribution is 0.383. The van der Waals surface area contributed by atoms with Crippen molar-refractivity contribution in [2.24, 2.45) is 0 Å². The van der Waals surface area contributed by atoms with Gasteiger partial charge in [0.15, 0.2) is 15.7 Å². The molecule has 0 atom stereocenters. The number of rotatable bonds is 5. The van der Waals surface area contributed by atoms with Crippen molar-refractivity contribution in [1.29, 1.82) is 0 Å². The van der Waals surface area contributed by atoms with Gasteiger partial charge in [0, 0.05) is 6.42 Å². The molecule has 1 aromatic heterocycles. The summed E-state index contributed by atoms with van der Waals surface area (Å²) in [4.78, 5) is 4.30. The second-order valence-electron chi connectivity index (χ2n) is 4.94. The lowest BCUT2D eigenvalue weighted by Gasteiger charge is -2.06. The second-order valence-corrected chi connectivity index (χ2v) is 6.93. The van der Waals surface area contributed by atoms with Crippen molar-refractivity contribution in [3.05, 3.63) is 41.5 Å². The van der Waals surface area contributed by atoms with Crippen molar-refractivity contribution in [1.82, 2.24) is 10.1 Å². The summed E-state index contributed by atoms with van der Waals surface area (Å²) in [5.74, 6) is 0.760. The van der Waals surface area contributed by atoms with Crippen LogP contribution in [-0.2, 0) is 22.0 Å². The van der Waals surface area contributed by atoms with Crippen LogP contribution >= 0.6 is 0 Å². The van der Waals surface area contributed by atoms with E-state index in [1.165, 1.54) is 0 Å². The van der Waals surface area contributed by atoms with E-state index in [-0.39, 0.29) is 16.5 Å². The highest BCUT2D eigenvalue weighted by atomic mass is 32.2. The number of benzene rings is 1. The summed E-state index contributed by atoms with van der Waals surface area (Å²) in [6.45, 7) is 6.01. The Kier molecular flexibility index (Phi) is 4.23. The van der Waals surface area contributed by atoms with Crippen LogP contribution in [0.1, 0.15) is 44.0 Å². The Hall–Kier alpha value is -1.69. The van der Waals surface area contributed by atoms with Gasteiger partial charge in [0.2, 0.25) is 5.89 Å². The number of aromatic nitrogens is 2. The van der Waals surface area contributed by atoms with Gasteiger partial charge in [-0.1, -0.05) is 38.1 Å². The maximum atomic E-state index is 12.3. The van der Waals surface area contributed by atoms with Gasteiger partial charge in [-0.05, 0) is 23.6 Å². The summed E-state index contributed by atoms with van der Waals surface area (Å²) in [7, 11) is -3.45. The zero-order valence-electron chi connectivity index (χ0n) is 11.8. The van der Waals surface area contributed by atoms with Crippen LogP contribution < -0.4 is 0 Å². The van der Waals surface area contributed by atoms with Gasteiger partial charge in [0.05, 0.1) is 4.90 Å². The average Bonchev–Trinajstić information content (AvgIpc) is 2.85. The number of sulfone groups is 1. The van der Waals surface area contributed by atoms with E-state index in [4.69, 9.17) is 4.52 Å². The molecular formula is C14H18N2O3S. The molecule has 0 spiro atoms. The molecule has 1 aromatic carbocycles. The van der Waals surface area contributed by atoms with E-state index in [9.17, 15) is 8.42 Å². The fraction of sp³-hybridized carbons (Fsp3) is 0.429. The predicted molar refractivity (Wildman–Crippen MR) is 75.1 cm³/mol.